The molecule has 45 heteroatoms. The van der Waals surface area contributed by atoms with E-state index in [9.17, 15) is 60.4 Å². The van der Waals surface area contributed by atoms with Crippen molar-refractivity contribution in [2.75, 3.05) is 230 Å². The molecule has 0 unspecified atom stereocenters. The molecule has 4 aromatic carbocycles. The summed E-state index contributed by atoms with van der Waals surface area (Å²) in [5.74, 6) is -1.41. The highest BCUT2D eigenvalue weighted by atomic mass is 32.2. The molecule has 10 heterocycles. The number of rotatable bonds is 31. The Hall–Kier alpha value is -9.77. The number of nitrogens with zero attached hydrogens (tertiary/aromatic N) is 17. The van der Waals surface area contributed by atoms with Crippen LogP contribution in [0.4, 0.5) is 69.8 Å². The van der Waals surface area contributed by atoms with Gasteiger partial charge in [-0.1, -0.05) is 6.92 Å². The maximum Gasteiger partial charge on any atom is 0.258 e. The minimum Gasteiger partial charge on any atom is -0.489 e. The van der Waals surface area contributed by atoms with Crippen molar-refractivity contribution in [2.24, 2.45) is 5.73 Å². The fraction of sp³-hybridized carbons (Fsp3) is 0.487. The van der Waals surface area contributed by atoms with Crippen molar-refractivity contribution >= 4 is 99.2 Å². The Kier molecular flexibility index (Phi) is 35.9. The van der Waals surface area contributed by atoms with E-state index in [-0.39, 0.29) is 78.7 Å². The zero-order valence-electron chi connectivity index (χ0n) is 69.0. The summed E-state index contributed by atoms with van der Waals surface area (Å²) in [7, 11) is -7.63. The van der Waals surface area contributed by atoms with Crippen LogP contribution in [0, 0.1) is 46.5 Å². The van der Waals surface area contributed by atoms with Crippen LogP contribution in [0.5, 0.6) is 23.0 Å². The minimum absolute atomic E-state index is 0.00348. The first kappa shape index (κ1) is 95.5. The highest BCUT2D eigenvalue weighted by Crippen LogP contribution is 2.35. The highest BCUT2D eigenvalue weighted by Gasteiger charge is 2.28. The molecule has 4 fully saturated rings. The van der Waals surface area contributed by atoms with Gasteiger partial charge in [-0.2, -0.15) is 38.9 Å². The molecule has 14 rings (SSSR count). The molecule has 4 aliphatic rings. The molecule has 4 aliphatic heterocycles. The molecule has 0 spiro atoms. The Morgan fingerprint density at radius 2 is 0.772 bits per heavy atom. The van der Waals surface area contributed by atoms with Gasteiger partial charge in [-0.15, -0.1) is 10.2 Å². The van der Waals surface area contributed by atoms with Gasteiger partial charge in [0.15, 0.2) is 57.8 Å². The number of anilines is 6. The van der Waals surface area contributed by atoms with Crippen LogP contribution < -0.4 is 55.7 Å². The number of nitrogens with two attached hydrogens (primary N) is 3. The fourth-order valence-electron chi connectivity index (χ4n) is 13.2. The smallest absolute Gasteiger partial charge is 0.258 e. The lowest BCUT2D eigenvalue weighted by atomic mass is 10.1. The van der Waals surface area contributed by atoms with Crippen LogP contribution in [-0.2, 0) is 59.5 Å². The first-order valence-corrected chi connectivity index (χ1v) is 48.3. The Morgan fingerprint density at radius 1 is 0.431 bits per heavy atom. The van der Waals surface area contributed by atoms with E-state index >= 15 is 0 Å². The third-order valence-corrected chi connectivity index (χ3v) is 23.3. The van der Waals surface area contributed by atoms with E-state index in [4.69, 9.17) is 45.0 Å². The highest BCUT2D eigenvalue weighted by molar-refractivity contribution is 7.90. The van der Waals surface area contributed by atoms with Crippen LogP contribution in [0.2, 0.25) is 0 Å². The maximum absolute atomic E-state index is 14.5. The van der Waals surface area contributed by atoms with Crippen molar-refractivity contribution in [1.82, 2.24) is 63.8 Å². The van der Waals surface area contributed by atoms with Gasteiger partial charge in [0, 0.05) is 234 Å². The number of fused-ring (bicyclic) bond motifs is 2. The summed E-state index contributed by atoms with van der Waals surface area (Å²) in [6.07, 6.45) is 15.9. The zero-order chi connectivity index (χ0) is 88.4. The lowest BCUT2D eigenvalue weighted by molar-refractivity contribution is 0.253. The summed E-state index contributed by atoms with van der Waals surface area (Å²) in [6.45, 7) is 16.2. The first-order chi connectivity index (χ1) is 58.9. The molecule has 32 nitrogen and oxygen atoms in total. The standard InChI is InChI=1S/C24H28F2N8O3S.C16H24F2N2O2S.C15H23F2N3O2S.C14H19F2NO2S.C9H8N6O3S/c1-38(35)13-12-37-20-15-18(16(25)14-17(20)26)33-9-7-32(8-10-33)6-2-5-21-28-23(27)34-24(29-21)30-22(31-34)19-4-3-11-36-19;1-3-4-19-5-7-20(8-6-19)15-12-16(14(18)11-13(15)17)22-9-10-23(2)21;1-23(21)9-8-22-15-11-14(12(16)10-13(15)17)20-6-4-19(3-2-18)5-7-20;1-20(18)8-7-19-14-10-13(11(15)9-12(14)16)17-5-3-2-4-6-17;1-19(16,17)9-12-7(10)15-8(13-9)11-6(14-15)5-3-2-4-18-5/h3-4,11,14-15H,2,5-10,12-13H2,1H3,(H2,27,28,29,30,31);11-12H,3-10H2,1-2H3;10-11H,2-9,18H2,1H3;9-10H,2-8H2,1H3;2-4H,1H3,(H2,10,11,12,13,14)/t38-;2*23-;20-;/m0000./s1. The van der Waals surface area contributed by atoms with Crippen molar-refractivity contribution in [2.45, 2.75) is 50.6 Å². The van der Waals surface area contributed by atoms with Gasteiger partial charge in [-0.05, 0) is 69.5 Å². The normalized spacial score (nSPS) is 15.8. The number of nitrogen functional groups attached to an aromatic ring is 2. The molecule has 4 atom stereocenters. The van der Waals surface area contributed by atoms with Gasteiger partial charge < -0.3 is 64.6 Å². The van der Waals surface area contributed by atoms with E-state index in [1.807, 2.05) is 19.6 Å². The lowest BCUT2D eigenvalue weighted by Gasteiger charge is -2.36. The summed E-state index contributed by atoms with van der Waals surface area (Å²) >= 11 is 0. The number of sulfone groups is 1. The minimum atomic E-state index is -3.57. The largest absolute Gasteiger partial charge is 0.489 e. The van der Waals surface area contributed by atoms with E-state index in [1.165, 1.54) is 35.0 Å². The monoisotopic (exact) mass is 1820 g/mol. The van der Waals surface area contributed by atoms with E-state index in [2.05, 4.69) is 61.7 Å². The molecule has 0 aliphatic carbocycles. The number of aryl methyl sites for hydroxylation is 1. The second kappa shape index (κ2) is 46.3. The van der Waals surface area contributed by atoms with Gasteiger partial charge in [-0.3, -0.25) is 31.5 Å². The molecule has 0 saturated carbocycles. The number of furan rings is 2. The van der Waals surface area contributed by atoms with Crippen molar-refractivity contribution < 1.29 is 88.2 Å². The van der Waals surface area contributed by atoms with Crippen LogP contribution in [0.25, 0.3) is 34.7 Å². The molecular weight excluding hydrogens is 1720 g/mol. The van der Waals surface area contributed by atoms with Gasteiger partial charge in [0.1, 0.15) is 29.1 Å². The van der Waals surface area contributed by atoms with Gasteiger partial charge in [0.25, 0.3) is 16.7 Å². The molecule has 0 radical (unpaired) electrons. The second-order valence-corrected chi connectivity index (χ2v) is 36.9. The van der Waals surface area contributed by atoms with Crippen LogP contribution in [-0.4, -0.2) is 288 Å². The van der Waals surface area contributed by atoms with Gasteiger partial charge in [0.05, 0.1) is 84.7 Å². The molecule has 0 bridgehead atoms. The van der Waals surface area contributed by atoms with Crippen LogP contribution in [0.3, 0.4) is 0 Å². The average Bonchev–Trinajstić information content (AvgIpc) is 1.64. The number of hydrogen-bond donors (Lipinski definition) is 3. The van der Waals surface area contributed by atoms with E-state index in [1.54, 1.807) is 55.6 Å². The number of piperidine rings is 1. The predicted molar refractivity (Wildman–Crippen MR) is 457 cm³/mol. The summed E-state index contributed by atoms with van der Waals surface area (Å²) in [5, 5.41) is 7.95. The van der Waals surface area contributed by atoms with Crippen molar-refractivity contribution in [3.8, 4) is 46.2 Å². The molecule has 6 aromatic heterocycles. The summed E-state index contributed by atoms with van der Waals surface area (Å²) in [6, 6.07) is 15.9. The third kappa shape index (κ3) is 28.1. The van der Waals surface area contributed by atoms with Crippen molar-refractivity contribution in [1.29, 1.82) is 0 Å². The van der Waals surface area contributed by atoms with E-state index < -0.39 is 105 Å². The Bertz CT molecular complexity index is 5220. The number of ether oxygens (including phenoxy) is 4. The summed E-state index contributed by atoms with van der Waals surface area (Å²) in [4.78, 5) is 39.2. The average molecular weight is 1820 g/mol. The molecular formula is C78H102F8N20O12S5. The lowest BCUT2D eigenvalue weighted by Crippen LogP contribution is -2.48. The quantitative estimate of drug-likeness (QED) is 0.0350. The van der Waals surface area contributed by atoms with Crippen LogP contribution in [0.1, 0.15) is 44.9 Å². The first-order valence-electron chi connectivity index (χ1n) is 39.5. The molecule has 123 heavy (non-hydrogen) atoms. The maximum atomic E-state index is 14.5. The zero-order valence-corrected chi connectivity index (χ0v) is 73.1. The Morgan fingerprint density at radius 3 is 1.11 bits per heavy atom. The topological polar surface area (TPSA) is 378 Å². The third-order valence-electron chi connectivity index (χ3n) is 19.5. The van der Waals surface area contributed by atoms with Crippen molar-refractivity contribution in [3.05, 3.63) is 138 Å². The summed E-state index contributed by atoms with van der Waals surface area (Å²) < 4.78 is 213. The number of halogens is 8. The Labute approximate surface area is 716 Å². The second-order valence-electron chi connectivity index (χ2n) is 28.7. The fourth-order valence-corrected chi connectivity index (χ4v) is 15.0. The Balaban J connectivity index is 0.000000166. The van der Waals surface area contributed by atoms with Crippen LogP contribution in [0.15, 0.2) is 99.3 Å². The molecule has 6 N–H and O–H groups in total. The number of piperazine rings is 3. The molecule has 672 valence electrons. The molecule has 10 aromatic rings. The van der Waals surface area contributed by atoms with Crippen molar-refractivity contribution in [3.63, 3.8) is 0 Å². The molecule has 0 amide bonds. The van der Waals surface area contributed by atoms with Gasteiger partial charge in [-0.25, -0.2) is 43.5 Å². The number of hydrogen-bond acceptors (Lipinski definition) is 30. The number of benzene rings is 4. The molecule has 4 saturated heterocycles. The number of aromatic nitrogens is 10. The van der Waals surface area contributed by atoms with E-state index in [0.29, 0.717) is 121 Å². The van der Waals surface area contributed by atoms with Gasteiger partial charge >= 0.3 is 0 Å². The van der Waals surface area contributed by atoms with Gasteiger partial charge in [0.2, 0.25) is 33.4 Å². The summed E-state index contributed by atoms with van der Waals surface area (Å²) in [5.41, 5.74) is 18.6. The van der Waals surface area contributed by atoms with Crippen LogP contribution >= 0.6 is 0 Å². The SMILES string of the molecule is CCCN1CCN(c2cc(OCC[S@](C)=O)c(F)cc2F)CC1.CS(=O)(=O)c1nc(N)n2nc(-c3ccco3)nc2n1.C[S@](=O)CCOc1cc(N2CCCCC2)c(F)cc1F.C[S@](=O)CCOc1cc(N2CCN(CCCc3nc(N)n4nc(-c5ccco5)nc4n3)CC2)c(F)cc1F.C[S@](=O)CCOc1cc(N2CCN(CCN)CC2)c(F)cc1F. The van der Waals surface area contributed by atoms with E-state index in [0.717, 1.165) is 139 Å². The predicted octanol–water partition coefficient (Wildman–Crippen LogP) is 7.69.